The van der Waals surface area contributed by atoms with Crippen LogP contribution in [0.2, 0.25) is 0 Å². The lowest BCUT2D eigenvalue weighted by molar-refractivity contribution is -0.136. The average molecular weight is 241 g/mol. The fraction of sp³-hybridized carbons (Fsp3) is 0.833. The summed E-state index contributed by atoms with van der Waals surface area (Å²) >= 11 is 0. The van der Waals surface area contributed by atoms with E-state index in [0.717, 1.165) is 32.4 Å². The molecular formula is C12H23N3O2. The first kappa shape index (κ1) is 14.0. The number of rotatable bonds is 4. The number of likely N-dealkylation sites (tertiary alicyclic amines) is 1. The van der Waals surface area contributed by atoms with Gasteiger partial charge in [-0.05, 0) is 19.3 Å². The average Bonchev–Trinajstić information content (AvgIpc) is 2.30. The van der Waals surface area contributed by atoms with Crippen LogP contribution in [-0.4, -0.2) is 42.4 Å². The van der Waals surface area contributed by atoms with Gasteiger partial charge in [-0.2, -0.15) is 0 Å². The highest BCUT2D eigenvalue weighted by molar-refractivity contribution is 5.79. The van der Waals surface area contributed by atoms with Gasteiger partial charge >= 0.3 is 0 Å². The third-order valence-electron chi connectivity index (χ3n) is 3.34. The second kappa shape index (κ2) is 6.59. The Balaban J connectivity index is 2.40. The molecule has 1 saturated heterocycles. The summed E-state index contributed by atoms with van der Waals surface area (Å²) < 4.78 is 0. The minimum atomic E-state index is -0.0488. The Labute approximate surface area is 103 Å². The molecule has 5 heteroatoms. The van der Waals surface area contributed by atoms with Crippen LogP contribution < -0.4 is 11.1 Å². The Morgan fingerprint density at radius 3 is 2.41 bits per heavy atom. The van der Waals surface area contributed by atoms with E-state index in [1.165, 1.54) is 6.92 Å². The van der Waals surface area contributed by atoms with Gasteiger partial charge in [0.2, 0.25) is 11.8 Å². The van der Waals surface area contributed by atoms with E-state index in [-0.39, 0.29) is 23.8 Å². The number of hydrogen-bond donors (Lipinski definition) is 2. The van der Waals surface area contributed by atoms with Crippen LogP contribution >= 0.6 is 0 Å². The summed E-state index contributed by atoms with van der Waals surface area (Å²) in [6.07, 6.45) is 2.47. The zero-order chi connectivity index (χ0) is 12.8. The summed E-state index contributed by atoms with van der Waals surface area (Å²) in [5.41, 5.74) is 5.58. The smallest absolute Gasteiger partial charge is 0.226 e. The van der Waals surface area contributed by atoms with Gasteiger partial charge in [-0.15, -0.1) is 0 Å². The van der Waals surface area contributed by atoms with E-state index in [2.05, 4.69) is 5.32 Å². The molecule has 1 heterocycles. The number of nitrogens with one attached hydrogen (secondary N) is 1. The van der Waals surface area contributed by atoms with Crippen molar-refractivity contribution in [2.75, 3.05) is 19.6 Å². The molecule has 1 atom stereocenters. The minimum Gasteiger partial charge on any atom is -0.353 e. The van der Waals surface area contributed by atoms with E-state index in [1.54, 1.807) is 0 Å². The number of amides is 2. The molecule has 0 spiro atoms. The molecule has 1 fully saturated rings. The first-order valence-electron chi connectivity index (χ1n) is 6.34. The van der Waals surface area contributed by atoms with E-state index in [1.807, 2.05) is 11.8 Å². The Morgan fingerprint density at radius 2 is 2.00 bits per heavy atom. The van der Waals surface area contributed by atoms with Gasteiger partial charge in [0.05, 0.1) is 5.92 Å². The van der Waals surface area contributed by atoms with Crippen molar-refractivity contribution in [3.8, 4) is 0 Å². The molecule has 1 aliphatic heterocycles. The van der Waals surface area contributed by atoms with Crippen molar-refractivity contribution in [3.63, 3.8) is 0 Å². The van der Waals surface area contributed by atoms with Gasteiger partial charge in [0.1, 0.15) is 0 Å². The molecule has 98 valence electrons. The molecule has 1 unspecified atom stereocenters. The highest BCUT2D eigenvalue weighted by atomic mass is 16.2. The minimum absolute atomic E-state index is 0.00293. The topological polar surface area (TPSA) is 75.4 Å². The van der Waals surface area contributed by atoms with E-state index < -0.39 is 0 Å². The molecule has 2 amide bonds. The zero-order valence-electron chi connectivity index (χ0n) is 10.7. The van der Waals surface area contributed by atoms with Crippen molar-refractivity contribution < 1.29 is 9.59 Å². The van der Waals surface area contributed by atoms with E-state index in [0.29, 0.717) is 6.54 Å². The predicted molar refractivity (Wildman–Crippen MR) is 66.3 cm³/mol. The molecule has 5 nitrogen and oxygen atoms in total. The number of carbonyl (C=O) groups excluding carboxylic acids is 2. The zero-order valence-corrected chi connectivity index (χ0v) is 10.7. The standard InChI is InChI=1S/C12H23N3O2/c1-3-10(8-13)12(17)15-6-4-11(5-7-15)14-9(2)16/h10-11H,3-8,13H2,1-2H3,(H,14,16). The van der Waals surface area contributed by atoms with Crippen molar-refractivity contribution >= 4 is 11.8 Å². The Hall–Kier alpha value is -1.10. The summed E-state index contributed by atoms with van der Waals surface area (Å²) in [5, 5.41) is 2.90. The van der Waals surface area contributed by atoms with Gasteiger partial charge < -0.3 is 16.0 Å². The fourth-order valence-corrected chi connectivity index (χ4v) is 2.23. The lowest BCUT2D eigenvalue weighted by Crippen LogP contribution is -2.48. The summed E-state index contributed by atoms with van der Waals surface area (Å²) in [6.45, 7) is 5.38. The molecule has 0 aromatic rings. The van der Waals surface area contributed by atoms with Gasteiger partial charge in [-0.1, -0.05) is 6.92 Å². The molecular weight excluding hydrogens is 218 g/mol. The normalized spacial score (nSPS) is 18.9. The molecule has 0 aromatic carbocycles. The number of carbonyl (C=O) groups is 2. The third-order valence-corrected chi connectivity index (χ3v) is 3.34. The first-order chi connectivity index (χ1) is 8.08. The van der Waals surface area contributed by atoms with Gasteiger partial charge in [0.25, 0.3) is 0 Å². The quantitative estimate of drug-likeness (QED) is 0.733. The molecule has 0 bridgehead atoms. The second-order valence-electron chi connectivity index (χ2n) is 4.64. The lowest BCUT2D eigenvalue weighted by Gasteiger charge is -2.34. The Bertz CT molecular complexity index is 269. The molecule has 17 heavy (non-hydrogen) atoms. The largest absolute Gasteiger partial charge is 0.353 e. The number of nitrogens with zero attached hydrogens (tertiary/aromatic N) is 1. The van der Waals surface area contributed by atoms with E-state index >= 15 is 0 Å². The number of nitrogens with two attached hydrogens (primary N) is 1. The van der Waals surface area contributed by atoms with Crippen LogP contribution in [0.4, 0.5) is 0 Å². The third kappa shape index (κ3) is 4.00. The van der Waals surface area contributed by atoms with Gasteiger partial charge in [-0.25, -0.2) is 0 Å². The number of hydrogen-bond acceptors (Lipinski definition) is 3. The summed E-state index contributed by atoms with van der Waals surface area (Å²) in [5.74, 6) is 0.117. The molecule has 0 radical (unpaired) electrons. The van der Waals surface area contributed by atoms with Crippen molar-refractivity contribution in [3.05, 3.63) is 0 Å². The fourth-order valence-electron chi connectivity index (χ4n) is 2.23. The summed E-state index contributed by atoms with van der Waals surface area (Å²) in [7, 11) is 0. The molecule has 3 N–H and O–H groups in total. The Morgan fingerprint density at radius 1 is 1.41 bits per heavy atom. The second-order valence-corrected chi connectivity index (χ2v) is 4.64. The van der Waals surface area contributed by atoms with Gasteiger partial charge in [0, 0.05) is 32.6 Å². The van der Waals surface area contributed by atoms with Crippen molar-refractivity contribution in [2.45, 2.75) is 39.2 Å². The molecule has 0 aliphatic carbocycles. The van der Waals surface area contributed by atoms with Crippen LogP contribution in [0.15, 0.2) is 0 Å². The van der Waals surface area contributed by atoms with Crippen LogP contribution in [0.1, 0.15) is 33.1 Å². The van der Waals surface area contributed by atoms with Crippen molar-refractivity contribution in [1.29, 1.82) is 0 Å². The maximum atomic E-state index is 12.0. The molecule has 0 saturated carbocycles. The molecule has 1 rings (SSSR count). The highest BCUT2D eigenvalue weighted by Gasteiger charge is 2.26. The predicted octanol–water partition coefficient (Wildman–Crippen LogP) is 0.0984. The first-order valence-corrected chi connectivity index (χ1v) is 6.34. The van der Waals surface area contributed by atoms with Crippen LogP contribution in [0.5, 0.6) is 0 Å². The van der Waals surface area contributed by atoms with Crippen LogP contribution in [0.25, 0.3) is 0 Å². The summed E-state index contributed by atoms with van der Waals surface area (Å²) in [6, 6.07) is 0.217. The molecule has 1 aliphatic rings. The number of piperidine rings is 1. The Kier molecular flexibility index (Phi) is 5.41. The van der Waals surface area contributed by atoms with E-state index in [9.17, 15) is 9.59 Å². The maximum absolute atomic E-state index is 12.0. The SMILES string of the molecule is CCC(CN)C(=O)N1CCC(NC(C)=O)CC1. The lowest BCUT2D eigenvalue weighted by atomic mass is 10.0. The van der Waals surface area contributed by atoms with Crippen molar-refractivity contribution in [1.82, 2.24) is 10.2 Å². The maximum Gasteiger partial charge on any atom is 0.226 e. The van der Waals surface area contributed by atoms with Gasteiger partial charge in [-0.3, -0.25) is 9.59 Å². The monoisotopic (exact) mass is 241 g/mol. The van der Waals surface area contributed by atoms with Gasteiger partial charge in [0.15, 0.2) is 0 Å². The van der Waals surface area contributed by atoms with Crippen LogP contribution in [-0.2, 0) is 9.59 Å². The van der Waals surface area contributed by atoms with Crippen molar-refractivity contribution in [2.24, 2.45) is 11.7 Å². The highest BCUT2D eigenvalue weighted by Crippen LogP contribution is 2.14. The van der Waals surface area contributed by atoms with Crippen LogP contribution in [0, 0.1) is 5.92 Å². The molecule has 0 aromatic heterocycles. The van der Waals surface area contributed by atoms with Crippen LogP contribution in [0.3, 0.4) is 0 Å². The summed E-state index contributed by atoms with van der Waals surface area (Å²) in [4.78, 5) is 24.8. The van der Waals surface area contributed by atoms with E-state index in [4.69, 9.17) is 5.73 Å².